The molecule has 1 saturated heterocycles. The highest BCUT2D eigenvalue weighted by atomic mass is 16.1. The summed E-state index contributed by atoms with van der Waals surface area (Å²) < 4.78 is 0. The summed E-state index contributed by atoms with van der Waals surface area (Å²) in [6.07, 6.45) is 4.94. The van der Waals surface area contributed by atoms with Gasteiger partial charge in [-0.25, -0.2) is 0 Å². The summed E-state index contributed by atoms with van der Waals surface area (Å²) in [5.41, 5.74) is 1.61. The third kappa shape index (κ3) is 2.98. The lowest BCUT2D eigenvalue weighted by Gasteiger charge is -2.20. The second-order valence-corrected chi connectivity index (χ2v) is 6.19. The Labute approximate surface area is 119 Å². The third-order valence-electron chi connectivity index (χ3n) is 4.22. The van der Waals surface area contributed by atoms with Gasteiger partial charge in [0.1, 0.15) is 0 Å². The lowest BCUT2D eigenvalue weighted by atomic mass is 10.2. The van der Waals surface area contributed by atoms with Crippen LogP contribution in [0.25, 0.3) is 0 Å². The molecule has 1 aromatic rings. The van der Waals surface area contributed by atoms with E-state index in [9.17, 15) is 4.79 Å². The smallest absolute Gasteiger partial charge is 0.253 e. The Morgan fingerprint density at radius 2 is 2.20 bits per heavy atom. The van der Waals surface area contributed by atoms with Gasteiger partial charge in [0.2, 0.25) is 0 Å². The summed E-state index contributed by atoms with van der Waals surface area (Å²) in [7, 11) is 0. The molecular formula is C15H22N4O. The number of aromatic nitrogens is 2. The first-order valence-corrected chi connectivity index (χ1v) is 7.51. The molecule has 0 unspecified atom stereocenters. The predicted octanol–water partition coefficient (Wildman–Crippen LogP) is 1.57. The zero-order chi connectivity index (χ0) is 14.1. The standard InChI is InChI=1S/C15H22N4O/c1-10(2)19-6-5-13(9-19)17-15(20)12-7-14(11-3-4-11)18-16-8-12/h7-8,10-11,13H,3-6,9H2,1-2H3,(H,17,20)/t13-/m0/s1. The highest BCUT2D eigenvalue weighted by Crippen LogP contribution is 2.38. The molecule has 2 aliphatic rings. The van der Waals surface area contributed by atoms with E-state index in [0.717, 1.165) is 25.2 Å². The summed E-state index contributed by atoms with van der Waals surface area (Å²) in [5, 5.41) is 11.2. The molecule has 1 atom stereocenters. The van der Waals surface area contributed by atoms with Crippen LogP contribution in [0, 0.1) is 0 Å². The lowest BCUT2D eigenvalue weighted by Crippen LogP contribution is -2.38. The van der Waals surface area contributed by atoms with E-state index in [1.54, 1.807) is 6.20 Å². The Bertz CT molecular complexity index is 498. The maximum absolute atomic E-state index is 12.3. The van der Waals surface area contributed by atoms with Crippen LogP contribution in [0.4, 0.5) is 0 Å². The van der Waals surface area contributed by atoms with Gasteiger partial charge in [-0.3, -0.25) is 9.69 Å². The Balaban J connectivity index is 1.60. The van der Waals surface area contributed by atoms with Crippen molar-refractivity contribution in [1.82, 2.24) is 20.4 Å². The number of rotatable bonds is 4. The van der Waals surface area contributed by atoms with Gasteiger partial charge in [-0.1, -0.05) is 0 Å². The first-order valence-electron chi connectivity index (χ1n) is 7.51. The summed E-state index contributed by atoms with van der Waals surface area (Å²) in [4.78, 5) is 14.7. The number of carbonyl (C=O) groups is 1. The second-order valence-electron chi connectivity index (χ2n) is 6.19. The summed E-state index contributed by atoms with van der Waals surface area (Å²) in [5.74, 6) is 0.510. The summed E-state index contributed by atoms with van der Waals surface area (Å²) >= 11 is 0. The second kappa shape index (κ2) is 5.48. The Morgan fingerprint density at radius 3 is 2.85 bits per heavy atom. The van der Waals surface area contributed by atoms with Gasteiger partial charge < -0.3 is 5.32 Å². The van der Waals surface area contributed by atoms with Crippen LogP contribution in [-0.4, -0.2) is 46.2 Å². The van der Waals surface area contributed by atoms with Crippen molar-refractivity contribution >= 4 is 5.91 Å². The minimum Gasteiger partial charge on any atom is -0.348 e. The Kier molecular flexibility index (Phi) is 3.70. The SMILES string of the molecule is CC(C)N1CC[C@H](NC(=O)c2cnnc(C3CC3)c2)C1. The topological polar surface area (TPSA) is 58.1 Å². The number of nitrogens with one attached hydrogen (secondary N) is 1. The molecule has 2 heterocycles. The van der Waals surface area contributed by atoms with E-state index in [-0.39, 0.29) is 11.9 Å². The molecule has 108 valence electrons. The van der Waals surface area contributed by atoms with Crippen LogP contribution >= 0.6 is 0 Å². The van der Waals surface area contributed by atoms with E-state index in [1.165, 1.54) is 12.8 Å². The molecule has 0 bridgehead atoms. The molecule has 2 fully saturated rings. The van der Waals surface area contributed by atoms with Crippen molar-refractivity contribution in [2.75, 3.05) is 13.1 Å². The third-order valence-corrected chi connectivity index (χ3v) is 4.22. The first-order chi connectivity index (χ1) is 9.63. The monoisotopic (exact) mass is 274 g/mol. The molecule has 3 rings (SSSR count). The average Bonchev–Trinajstić information content (AvgIpc) is 3.19. The van der Waals surface area contributed by atoms with Crippen LogP contribution in [0.15, 0.2) is 12.3 Å². The molecule has 0 radical (unpaired) electrons. The molecule has 1 aromatic heterocycles. The fraction of sp³-hybridized carbons (Fsp3) is 0.667. The van der Waals surface area contributed by atoms with Crippen molar-refractivity contribution in [2.45, 2.75) is 51.1 Å². The van der Waals surface area contributed by atoms with Crippen LogP contribution in [0.3, 0.4) is 0 Å². The van der Waals surface area contributed by atoms with Gasteiger partial charge in [-0.2, -0.15) is 10.2 Å². The largest absolute Gasteiger partial charge is 0.348 e. The minimum atomic E-state index is -0.0163. The summed E-state index contributed by atoms with van der Waals surface area (Å²) in [6.45, 7) is 6.39. The van der Waals surface area contributed by atoms with Crippen molar-refractivity contribution < 1.29 is 4.79 Å². The van der Waals surface area contributed by atoms with E-state index in [1.807, 2.05) is 6.07 Å². The van der Waals surface area contributed by atoms with Crippen LogP contribution in [0.5, 0.6) is 0 Å². The minimum absolute atomic E-state index is 0.0163. The maximum atomic E-state index is 12.3. The van der Waals surface area contributed by atoms with E-state index in [4.69, 9.17) is 0 Å². The van der Waals surface area contributed by atoms with Crippen molar-refractivity contribution in [1.29, 1.82) is 0 Å². The quantitative estimate of drug-likeness (QED) is 0.905. The van der Waals surface area contributed by atoms with Crippen molar-refractivity contribution in [3.8, 4) is 0 Å². The molecule has 5 nitrogen and oxygen atoms in total. The van der Waals surface area contributed by atoms with Crippen molar-refractivity contribution in [2.24, 2.45) is 0 Å². The number of carbonyl (C=O) groups excluding carboxylic acids is 1. The van der Waals surface area contributed by atoms with Crippen LogP contribution in [0.1, 0.15) is 55.1 Å². The Hall–Kier alpha value is -1.49. The molecule has 0 spiro atoms. The molecule has 1 saturated carbocycles. The van der Waals surface area contributed by atoms with Crippen LogP contribution in [-0.2, 0) is 0 Å². The lowest BCUT2D eigenvalue weighted by molar-refractivity contribution is 0.0936. The first kappa shape index (κ1) is 13.5. The summed E-state index contributed by atoms with van der Waals surface area (Å²) in [6, 6.07) is 2.69. The van der Waals surface area contributed by atoms with Gasteiger partial charge in [-0.05, 0) is 39.2 Å². The molecule has 1 amide bonds. The van der Waals surface area contributed by atoms with E-state index >= 15 is 0 Å². The van der Waals surface area contributed by atoms with Gasteiger partial charge in [0.25, 0.3) is 5.91 Å². The Morgan fingerprint density at radius 1 is 1.40 bits per heavy atom. The highest BCUT2D eigenvalue weighted by Gasteiger charge is 2.28. The molecule has 5 heteroatoms. The fourth-order valence-electron chi connectivity index (χ4n) is 2.73. The van der Waals surface area contributed by atoms with Gasteiger partial charge in [0.15, 0.2) is 0 Å². The molecule has 1 aliphatic heterocycles. The zero-order valence-electron chi connectivity index (χ0n) is 12.2. The average molecular weight is 274 g/mol. The van der Waals surface area contributed by atoms with Gasteiger partial charge >= 0.3 is 0 Å². The van der Waals surface area contributed by atoms with E-state index in [0.29, 0.717) is 17.5 Å². The predicted molar refractivity (Wildman–Crippen MR) is 76.6 cm³/mol. The van der Waals surface area contributed by atoms with E-state index < -0.39 is 0 Å². The van der Waals surface area contributed by atoms with Crippen LogP contribution in [0.2, 0.25) is 0 Å². The molecule has 0 aromatic carbocycles. The molecule has 1 aliphatic carbocycles. The number of hydrogen-bond donors (Lipinski definition) is 1. The van der Waals surface area contributed by atoms with Gasteiger partial charge in [0.05, 0.1) is 17.5 Å². The number of nitrogens with zero attached hydrogens (tertiary/aromatic N) is 3. The molecule has 1 N–H and O–H groups in total. The molecule has 20 heavy (non-hydrogen) atoms. The zero-order valence-corrected chi connectivity index (χ0v) is 12.2. The number of likely N-dealkylation sites (tertiary alicyclic amines) is 1. The van der Waals surface area contributed by atoms with E-state index in [2.05, 4.69) is 34.3 Å². The molecular weight excluding hydrogens is 252 g/mol. The van der Waals surface area contributed by atoms with Crippen molar-refractivity contribution in [3.05, 3.63) is 23.5 Å². The number of amides is 1. The van der Waals surface area contributed by atoms with Gasteiger partial charge in [-0.15, -0.1) is 0 Å². The van der Waals surface area contributed by atoms with Gasteiger partial charge in [0, 0.05) is 31.1 Å². The maximum Gasteiger partial charge on any atom is 0.253 e. The highest BCUT2D eigenvalue weighted by molar-refractivity contribution is 5.94. The number of hydrogen-bond acceptors (Lipinski definition) is 4. The normalized spacial score (nSPS) is 23.2. The fourth-order valence-corrected chi connectivity index (χ4v) is 2.73. The van der Waals surface area contributed by atoms with Crippen molar-refractivity contribution in [3.63, 3.8) is 0 Å². The van der Waals surface area contributed by atoms with Crippen LogP contribution < -0.4 is 5.32 Å².